The second-order valence-electron chi connectivity index (χ2n) is 4.12. The summed E-state index contributed by atoms with van der Waals surface area (Å²) in [5, 5.41) is 0. The lowest BCUT2D eigenvalue weighted by molar-refractivity contribution is -0.123. The van der Waals surface area contributed by atoms with Crippen LogP contribution in [0.3, 0.4) is 0 Å². The lowest BCUT2D eigenvalue weighted by Gasteiger charge is -2.34. The lowest BCUT2D eigenvalue weighted by atomic mass is 9.72. The van der Waals surface area contributed by atoms with Gasteiger partial charge in [0, 0.05) is 17.5 Å². The van der Waals surface area contributed by atoms with Crippen molar-refractivity contribution in [2.45, 2.75) is 39.0 Å². The van der Waals surface area contributed by atoms with Crippen LogP contribution in [0, 0.1) is 11.8 Å². The van der Waals surface area contributed by atoms with E-state index in [2.05, 4.69) is 11.9 Å². The molecule has 2 aliphatic rings. The summed E-state index contributed by atoms with van der Waals surface area (Å²) >= 11 is 0. The maximum atomic E-state index is 11.6. The number of Topliss-reactive ketones (excluding diaryl/α,β-unsaturated/α-hetero) is 1. The average Bonchev–Trinajstić information content (AvgIpc) is 2.19. The van der Waals surface area contributed by atoms with Crippen LogP contribution in [-0.4, -0.2) is 18.0 Å². The largest absolute Gasteiger partial charge is 0.297 e. The smallest absolute Gasteiger partial charge is 0.157 e. The number of aliphatic imine (C=N–C) groups is 1. The SMILES string of the molecule is CCC1=NCC(=O)C2CCCCC12. The zero-order valence-electron chi connectivity index (χ0n) is 8.25. The zero-order valence-corrected chi connectivity index (χ0v) is 8.25. The van der Waals surface area contributed by atoms with E-state index in [0.717, 1.165) is 12.8 Å². The molecule has 1 fully saturated rings. The predicted octanol–water partition coefficient (Wildman–Crippen LogP) is 2.23. The van der Waals surface area contributed by atoms with E-state index in [0.29, 0.717) is 24.2 Å². The van der Waals surface area contributed by atoms with Gasteiger partial charge in [-0.25, -0.2) is 0 Å². The van der Waals surface area contributed by atoms with Gasteiger partial charge in [0.05, 0.1) is 6.54 Å². The molecule has 1 aliphatic heterocycles. The third-order valence-electron chi connectivity index (χ3n) is 3.41. The molecule has 0 aromatic rings. The Morgan fingerprint density at radius 3 is 2.69 bits per heavy atom. The molecular weight excluding hydrogens is 162 g/mol. The van der Waals surface area contributed by atoms with E-state index in [1.807, 2.05) is 0 Å². The van der Waals surface area contributed by atoms with Gasteiger partial charge < -0.3 is 0 Å². The first-order valence-electron chi connectivity index (χ1n) is 5.39. The molecule has 0 N–H and O–H groups in total. The van der Waals surface area contributed by atoms with Crippen molar-refractivity contribution in [2.75, 3.05) is 6.54 Å². The number of hydrogen-bond acceptors (Lipinski definition) is 2. The fourth-order valence-corrected chi connectivity index (χ4v) is 2.70. The predicted molar refractivity (Wildman–Crippen MR) is 53.0 cm³/mol. The number of ketones is 1. The molecule has 0 amide bonds. The van der Waals surface area contributed by atoms with Crippen molar-refractivity contribution in [3.05, 3.63) is 0 Å². The molecule has 13 heavy (non-hydrogen) atoms. The fourth-order valence-electron chi connectivity index (χ4n) is 2.70. The van der Waals surface area contributed by atoms with Crippen molar-refractivity contribution in [1.29, 1.82) is 0 Å². The number of hydrogen-bond donors (Lipinski definition) is 0. The quantitative estimate of drug-likeness (QED) is 0.607. The summed E-state index contributed by atoms with van der Waals surface area (Å²) in [6, 6.07) is 0. The summed E-state index contributed by atoms with van der Waals surface area (Å²) in [4.78, 5) is 16.0. The Morgan fingerprint density at radius 2 is 2.00 bits per heavy atom. The van der Waals surface area contributed by atoms with Gasteiger partial charge in [0.15, 0.2) is 5.78 Å². The molecule has 0 bridgehead atoms. The molecule has 2 atom stereocenters. The highest BCUT2D eigenvalue weighted by Crippen LogP contribution is 2.34. The van der Waals surface area contributed by atoms with Crippen molar-refractivity contribution in [1.82, 2.24) is 0 Å². The molecule has 0 aromatic heterocycles. The van der Waals surface area contributed by atoms with Gasteiger partial charge in [0.2, 0.25) is 0 Å². The van der Waals surface area contributed by atoms with Crippen LogP contribution in [0.1, 0.15) is 39.0 Å². The third kappa shape index (κ3) is 1.54. The van der Waals surface area contributed by atoms with Crippen molar-refractivity contribution < 1.29 is 4.79 Å². The van der Waals surface area contributed by atoms with Crippen LogP contribution >= 0.6 is 0 Å². The maximum Gasteiger partial charge on any atom is 0.157 e. The maximum absolute atomic E-state index is 11.6. The Kier molecular flexibility index (Phi) is 2.47. The second-order valence-corrected chi connectivity index (χ2v) is 4.12. The zero-order chi connectivity index (χ0) is 9.26. The Labute approximate surface area is 79.4 Å². The Balaban J connectivity index is 2.20. The molecule has 2 heteroatoms. The molecule has 0 radical (unpaired) electrons. The van der Waals surface area contributed by atoms with Crippen LogP contribution in [0.5, 0.6) is 0 Å². The highest BCUT2D eigenvalue weighted by atomic mass is 16.1. The average molecular weight is 179 g/mol. The van der Waals surface area contributed by atoms with Crippen molar-refractivity contribution in [3.63, 3.8) is 0 Å². The van der Waals surface area contributed by atoms with Gasteiger partial charge in [0.1, 0.15) is 0 Å². The molecular formula is C11H17NO. The van der Waals surface area contributed by atoms with Gasteiger partial charge in [-0.1, -0.05) is 19.8 Å². The van der Waals surface area contributed by atoms with Gasteiger partial charge >= 0.3 is 0 Å². The van der Waals surface area contributed by atoms with E-state index in [-0.39, 0.29) is 0 Å². The number of carbonyl (C=O) groups is 1. The third-order valence-corrected chi connectivity index (χ3v) is 3.41. The van der Waals surface area contributed by atoms with Gasteiger partial charge in [-0.15, -0.1) is 0 Å². The van der Waals surface area contributed by atoms with Crippen LogP contribution < -0.4 is 0 Å². The summed E-state index contributed by atoms with van der Waals surface area (Å²) in [7, 11) is 0. The monoisotopic (exact) mass is 179 g/mol. The molecule has 1 saturated carbocycles. The Hall–Kier alpha value is -0.660. The Morgan fingerprint density at radius 1 is 1.31 bits per heavy atom. The van der Waals surface area contributed by atoms with Crippen molar-refractivity contribution >= 4 is 11.5 Å². The van der Waals surface area contributed by atoms with E-state index in [1.54, 1.807) is 0 Å². The normalized spacial score (nSPS) is 33.9. The topological polar surface area (TPSA) is 29.4 Å². The van der Waals surface area contributed by atoms with Gasteiger partial charge in [0.25, 0.3) is 0 Å². The highest BCUT2D eigenvalue weighted by Gasteiger charge is 2.35. The number of fused-ring (bicyclic) bond motifs is 1. The number of nitrogens with zero attached hydrogens (tertiary/aromatic N) is 1. The second kappa shape index (κ2) is 3.60. The molecule has 0 aromatic carbocycles. The summed E-state index contributed by atoms with van der Waals surface area (Å²) in [6.07, 6.45) is 5.87. The van der Waals surface area contributed by atoms with Crippen molar-refractivity contribution in [3.8, 4) is 0 Å². The number of rotatable bonds is 1. The molecule has 72 valence electrons. The van der Waals surface area contributed by atoms with Crippen molar-refractivity contribution in [2.24, 2.45) is 16.8 Å². The first kappa shape index (κ1) is 8.92. The molecule has 1 aliphatic carbocycles. The van der Waals surface area contributed by atoms with E-state index in [1.165, 1.54) is 25.0 Å². The van der Waals surface area contributed by atoms with E-state index >= 15 is 0 Å². The highest BCUT2D eigenvalue weighted by molar-refractivity contribution is 5.98. The lowest BCUT2D eigenvalue weighted by Crippen LogP contribution is -2.37. The Bertz CT molecular complexity index is 244. The summed E-state index contributed by atoms with van der Waals surface area (Å²) in [5.74, 6) is 1.24. The van der Waals surface area contributed by atoms with Gasteiger partial charge in [-0.2, -0.15) is 0 Å². The number of carbonyl (C=O) groups excluding carboxylic acids is 1. The minimum absolute atomic E-state index is 0.334. The molecule has 0 spiro atoms. The first-order valence-corrected chi connectivity index (χ1v) is 5.39. The molecule has 2 unspecified atom stereocenters. The minimum atomic E-state index is 0.334. The van der Waals surface area contributed by atoms with Crippen LogP contribution in [0.15, 0.2) is 4.99 Å². The fraction of sp³-hybridized carbons (Fsp3) is 0.818. The minimum Gasteiger partial charge on any atom is -0.297 e. The summed E-state index contributed by atoms with van der Waals surface area (Å²) < 4.78 is 0. The van der Waals surface area contributed by atoms with Crippen LogP contribution in [0.25, 0.3) is 0 Å². The van der Waals surface area contributed by atoms with E-state index < -0.39 is 0 Å². The van der Waals surface area contributed by atoms with E-state index in [4.69, 9.17) is 0 Å². The van der Waals surface area contributed by atoms with Gasteiger partial charge in [-0.3, -0.25) is 9.79 Å². The van der Waals surface area contributed by atoms with Crippen LogP contribution in [0.2, 0.25) is 0 Å². The first-order chi connectivity index (χ1) is 6.33. The van der Waals surface area contributed by atoms with Crippen LogP contribution in [-0.2, 0) is 4.79 Å². The molecule has 1 heterocycles. The van der Waals surface area contributed by atoms with E-state index in [9.17, 15) is 4.79 Å². The molecule has 0 saturated heterocycles. The van der Waals surface area contributed by atoms with Crippen LogP contribution in [0.4, 0.5) is 0 Å². The molecule has 2 rings (SSSR count). The standard InChI is InChI=1S/C11H17NO/c1-2-10-8-5-3-4-6-9(8)11(13)7-12-10/h8-9H,2-7H2,1H3. The summed E-state index contributed by atoms with van der Waals surface area (Å²) in [5.41, 5.74) is 1.31. The molecule has 2 nitrogen and oxygen atoms in total. The summed E-state index contributed by atoms with van der Waals surface area (Å²) in [6.45, 7) is 2.62. The van der Waals surface area contributed by atoms with Gasteiger partial charge in [-0.05, 0) is 19.3 Å².